The number of aromatic nitrogens is 2. The van der Waals surface area contributed by atoms with E-state index < -0.39 is 35.6 Å². The molecule has 1 aromatic carbocycles. The molecule has 1 saturated heterocycles. The van der Waals surface area contributed by atoms with E-state index in [0.717, 1.165) is 43.3 Å². The van der Waals surface area contributed by atoms with Gasteiger partial charge in [0.25, 0.3) is 0 Å². The molecule has 2 aromatic rings. The Balaban J connectivity index is 1.38. The van der Waals surface area contributed by atoms with Gasteiger partial charge in [-0.15, -0.1) is 0 Å². The number of benzene rings is 1. The van der Waals surface area contributed by atoms with E-state index in [0.29, 0.717) is 47.7 Å². The number of carbonyl (C=O) groups excluding carboxylic acids is 3. The fraction of sp³-hybridized carbons (Fsp3) is 0.676. The quantitative estimate of drug-likeness (QED) is 0.513. The zero-order valence-corrected chi connectivity index (χ0v) is 27.1. The lowest BCUT2D eigenvalue weighted by atomic mass is 9.85. The second-order valence-corrected chi connectivity index (χ2v) is 14.4. The van der Waals surface area contributed by atoms with Crippen molar-refractivity contribution < 1.29 is 28.6 Å². The molecule has 8 atom stereocenters. The Kier molecular flexibility index (Phi) is 8.56. The van der Waals surface area contributed by atoms with Crippen molar-refractivity contribution in [1.29, 1.82) is 0 Å². The van der Waals surface area contributed by atoms with Crippen molar-refractivity contribution in [2.75, 3.05) is 13.7 Å². The Hall–Kier alpha value is -3.63. The van der Waals surface area contributed by atoms with Gasteiger partial charge in [-0.05, 0) is 73.8 Å². The van der Waals surface area contributed by atoms with E-state index in [9.17, 15) is 14.4 Å². The van der Waals surface area contributed by atoms with Crippen LogP contribution in [0.3, 0.4) is 0 Å². The first kappa shape index (κ1) is 31.4. The average molecular weight is 622 g/mol. The minimum absolute atomic E-state index is 0.125. The number of methoxy groups -OCH3 is 1. The van der Waals surface area contributed by atoms with Crippen LogP contribution < -0.4 is 20.5 Å². The van der Waals surface area contributed by atoms with Crippen molar-refractivity contribution in [2.45, 2.75) is 103 Å². The summed E-state index contributed by atoms with van der Waals surface area (Å²) >= 11 is 0. The Morgan fingerprint density at radius 3 is 2.58 bits per heavy atom. The predicted octanol–water partition coefficient (Wildman–Crippen LogP) is 4.39. The van der Waals surface area contributed by atoms with Gasteiger partial charge < -0.3 is 30.2 Å². The molecule has 2 bridgehead atoms. The number of ether oxygens (including phenoxy) is 3. The van der Waals surface area contributed by atoms with Gasteiger partial charge in [-0.1, -0.05) is 40.5 Å². The summed E-state index contributed by atoms with van der Waals surface area (Å²) in [5.74, 6) is 1.28. The van der Waals surface area contributed by atoms with Crippen LogP contribution >= 0.6 is 0 Å². The summed E-state index contributed by atoms with van der Waals surface area (Å²) in [5.41, 5.74) is 7.45. The zero-order chi connectivity index (χ0) is 32.0. The lowest BCUT2D eigenvalue weighted by Gasteiger charge is -2.35. The molecule has 2 saturated carbocycles. The van der Waals surface area contributed by atoms with Crippen LogP contribution in [0.2, 0.25) is 0 Å². The number of nitrogens with two attached hydrogens (primary N) is 1. The van der Waals surface area contributed by atoms with Crippen LogP contribution in [-0.4, -0.2) is 70.7 Å². The van der Waals surface area contributed by atoms with Crippen molar-refractivity contribution in [3.05, 3.63) is 23.9 Å². The van der Waals surface area contributed by atoms with E-state index in [2.05, 4.69) is 5.32 Å². The van der Waals surface area contributed by atoms with E-state index in [1.165, 1.54) is 11.3 Å². The predicted molar refractivity (Wildman–Crippen MR) is 168 cm³/mol. The van der Waals surface area contributed by atoms with Crippen LogP contribution in [-0.2, 0) is 20.7 Å². The van der Waals surface area contributed by atoms with Gasteiger partial charge in [0.1, 0.15) is 35.7 Å². The SMILES string of the molecule is CCC1C2CN(C(=O)C(C(C)(C)C)NC(=O)OC3CC4CC4C3CCCCCc3nc4ccc(OC)cc4nc3O2)C1C(N)=O. The Bertz CT molecular complexity index is 1460. The Morgan fingerprint density at radius 1 is 1.07 bits per heavy atom. The molecule has 1 aromatic heterocycles. The molecule has 45 heavy (non-hydrogen) atoms. The molecule has 0 radical (unpaired) electrons. The number of hydrogen-bond acceptors (Lipinski definition) is 8. The molecule has 6 rings (SSSR count). The molecule has 2 aliphatic heterocycles. The Morgan fingerprint density at radius 2 is 1.87 bits per heavy atom. The van der Waals surface area contributed by atoms with E-state index in [-0.39, 0.29) is 24.5 Å². The van der Waals surface area contributed by atoms with Crippen molar-refractivity contribution in [3.63, 3.8) is 0 Å². The molecular weight excluding hydrogens is 574 g/mol. The van der Waals surface area contributed by atoms with Gasteiger partial charge in [-0.2, -0.15) is 0 Å². The summed E-state index contributed by atoms with van der Waals surface area (Å²) < 4.78 is 18.1. The molecule has 3 fully saturated rings. The van der Waals surface area contributed by atoms with Gasteiger partial charge in [-0.3, -0.25) is 9.59 Å². The molecule has 3 heterocycles. The molecular formula is C34H47N5O6. The number of amides is 3. The van der Waals surface area contributed by atoms with Crippen molar-refractivity contribution in [2.24, 2.45) is 34.8 Å². The molecule has 244 valence electrons. The largest absolute Gasteiger partial charge is 0.497 e. The monoisotopic (exact) mass is 621 g/mol. The van der Waals surface area contributed by atoms with Gasteiger partial charge in [0, 0.05) is 12.0 Å². The first-order valence-electron chi connectivity index (χ1n) is 16.6. The van der Waals surface area contributed by atoms with Gasteiger partial charge in [-0.25, -0.2) is 14.8 Å². The second kappa shape index (κ2) is 12.3. The number of hydrogen-bond donors (Lipinski definition) is 2. The van der Waals surface area contributed by atoms with E-state index in [4.69, 9.17) is 29.9 Å². The zero-order valence-electron chi connectivity index (χ0n) is 27.1. The maximum atomic E-state index is 14.3. The number of nitrogens with one attached hydrogen (secondary N) is 1. The highest BCUT2D eigenvalue weighted by Crippen LogP contribution is 2.57. The Labute approximate surface area is 264 Å². The molecule has 8 unspecified atom stereocenters. The van der Waals surface area contributed by atoms with Crippen LogP contribution in [0, 0.1) is 29.1 Å². The average Bonchev–Trinajstić information content (AvgIpc) is 3.52. The van der Waals surface area contributed by atoms with E-state index >= 15 is 0 Å². The highest BCUT2D eigenvalue weighted by atomic mass is 16.6. The number of alkyl carbamates (subject to hydrolysis) is 1. The van der Waals surface area contributed by atoms with Gasteiger partial charge in [0.2, 0.25) is 17.7 Å². The first-order chi connectivity index (χ1) is 21.5. The van der Waals surface area contributed by atoms with Gasteiger partial charge in [0.05, 0.1) is 24.7 Å². The number of primary amides is 1. The van der Waals surface area contributed by atoms with E-state index in [1.807, 2.05) is 45.9 Å². The van der Waals surface area contributed by atoms with Crippen LogP contribution in [0.5, 0.6) is 11.6 Å². The van der Waals surface area contributed by atoms with Crippen molar-refractivity contribution in [1.82, 2.24) is 20.2 Å². The topological polar surface area (TPSA) is 146 Å². The van der Waals surface area contributed by atoms with Gasteiger partial charge in [0.15, 0.2) is 0 Å². The maximum Gasteiger partial charge on any atom is 0.408 e. The summed E-state index contributed by atoms with van der Waals surface area (Å²) in [5, 5.41) is 2.90. The smallest absolute Gasteiger partial charge is 0.408 e. The normalized spacial score (nSPS) is 32.2. The number of carbonyl (C=O) groups is 3. The third-order valence-corrected chi connectivity index (χ3v) is 10.4. The number of rotatable bonds is 3. The summed E-state index contributed by atoms with van der Waals surface area (Å²) in [6.07, 6.45) is 5.98. The minimum atomic E-state index is -0.931. The number of fused-ring (bicyclic) bond motifs is 7. The number of aryl methyl sites for hydroxylation is 1. The van der Waals surface area contributed by atoms with Gasteiger partial charge >= 0.3 is 6.09 Å². The summed E-state index contributed by atoms with van der Waals surface area (Å²) in [7, 11) is 1.61. The van der Waals surface area contributed by atoms with Crippen molar-refractivity contribution in [3.8, 4) is 11.6 Å². The summed E-state index contributed by atoms with van der Waals surface area (Å²) in [4.78, 5) is 51.9. The second-order valence-electron chi connectivity index (χ2n) is 14.4. The first-order valence-corrected chi connectivity index (χ1v) is 16.6. The molecule has 11 heteroatoms. The highest BCUT2D eigenvalue weighted by Gasteiger charge is 2.55. The van der Waals surface area contributed by atoms with Crippen LogP contribution in [0.4, 0.5) is 4.79 Å². The molecule has 11 nitrogen and oxygen atoms in total. The fourth-order valence-electron chi connectivity index (χ4n) is 7.97. The van der Waals surface area contributed by atoms with E-state index in [1.54, 1.807) is 7.11 Å². The van der Waals surface area contributed by atoms with Crippen LogP contribution in [0.15, 0.2) is 18.2 Å². The third-order valence-electron chi connectivity index (χ3n) is 10.4. The standard InChI is InChI=1S/C34H47N5O6/c1-6-20-27-17-39(28(20)30(35)40)32(41)29(34(2,3)4)38-33(42)45-26-15-18-14-22(18)21(26)10-8-7-9-11-24-31(44-27)37-25-16-19(43-5)12-13-23(25)36-24/h12-13,16,18,20-22,26-29H,6-11,14-15,17H2,1-5H3,(H2,35,40)(H,38,42). The molecule has 3 amide bonds. The lowest BCUT2D eigenvalue weighted by molar-refractivity contribution is -0.142. The van der Waals surface area contributed by atoms with Crippen LogP contribution in [0.1, 0.15) is 78.3 Å². The molecule has 4 aliphatic rings. The summed E-state index contributed by atoms with van der Waals surface area (Å²) in [6, 6.07) is 3.76. The minimum Gasteiger partial charge on any atom is -0.497 e. The molecule has 2 aliphatic carbocycles. The maximum absolute atomic E-state index is 14.3. The molecule has 0 spiro atoms. The molecule has 3 N–H and O–H groups in total. The highest BCUT2D eigenvalue weighted by molar-refractivity contribution is 5.92. The lowest BCUT2D eigenvalue weighted by Crippen LogP contribution is -2.58. The van der Waals surface area contributed by atoms with Crippen molar-refractivity contribution >= 4 is 28.9 Å². The van der Waals surface area contributed by atoms with Crippen LogP contribution in [0.25, 0.3) is 11.0 Å². The fourth-order valence-corrected chi connectivity index (χ4v) is 7.97. The number of nitrogens with zero attached hydrogens (tertiary/aromatic N) is 3. The third kappa shape index (κ3) is 6.27. The summed E-state index contributed by atoms with van der Waals surface area (Å²) in [6.45, 7) is 7.75.